The van der Waals surface area contributed by atoms with Gasteiger partial charge in [0.2, 0.25) is 0 Å². The molecule has 7 aromatic carbocycles. The van der Waals surface area contributed by atoms with E-state index in [0.29, 0.717) is 0 Å². The van der Waals surface area contributed by atoms with Crippen molar-refractivity contribution in [2.75, 3.05) is 0 Å². The molecule has 0 fully saturated rings. The molecule has 9 aromatic rings. The van der Waals surface area contributed by atoms with Crippen LogP contribution < -0.4 is 0 Å². The SMILES string of the molecule is CC(C)(C)c1cc2c3cc4ccc(-c5ccccc5)cc4cc3n3c4cc5cc(-c6ccccc6)ccc5cc4c(c1)c23. The Morgan fingerprint density at radius 1 is 0.395 bits per heavy atom. The summed E-state index contributed by atoms with van der Waals surface area (Å²) in [5, 5.41) is 10.4. The molecule has 2 heterocycles. The summed E-state index contributed by atoms with van der Waals surface area (Å²) in [6.07, 6.45) is 0. The second-order valence-electron chi connectivity index (χ2n) is 13.1. The van der Waals surface area contributed by atoms with Crippen LogP contribution in [0.25, 0.3) is 81.9 Å². The van der Waals surface area contributed by atoms with E-state index in [9.17, 15) is 0 Å². The largest absolute Gasteiger partial charge is 0.308 e. The highest BCUT2D eigenvalue weighted by molar-refractivity contribution is 6.26. The molecule has 204 valence electrons. The number of fused-ring (bicyclic) bond motifs is 8. The Balaban J connectivity index is 1.40. The molecule has 9 rings (SSSR count). The summed E-state index contributed by atoms with van der Waals surface area (Å²) in [4.78, 5) is 0. The highest BCUT2D eigenvalue weighted by Crippen LogP contribution is 2.44. The van der Waals surface area contributed by atoms with Crippen LogP contribution in [0.3, 0.4) is 0 Å². The normalized spacial score (nSPS) is 12.5. The number of nitrogens with zero attached hydrogens (tertiary/aromatic N) is 1. The maximum absolute atomic E-state index is 2.53. The molecule has 1 heteroatoms. The Bertz CT molecular complexity index is 2340. The zero-order valence-electron chi connectivity index (χ0n) is 24.6. The van der Waals surface area contributed by atoms with E-state index in [4.69, 9.17) is 0 Å². The van der Waals surface area contributed by atoms with Gasteiger partial charge in [-0.05, 0) is 103 Å². The van der Waals surface area contributed by atoms with Gasteiger partial charge in [-0.2, -0.15) is 0 Å². The van der Waals surface area contributed by atoms with E-state index in [2.05, 4.69) is 159 Å². The smallest absolute Gasteiger partial charge is 0.0620 e. The van der Waals surface area contributed by atoms with Crippen molar-refractivity contribution in [3.63, 3.8) is 0 Å². The van der Waals surface area contributed by atoms with Gasteiger partial charge in [-0.25, -0.2) is 0 Å². The van der Waals surface area contributed by atoms with Crippen molar-refractivity contribution in [1.82, 2.24) is 4.40 Å². The van der Waals surface area contributed by atoms with Crippen LogP contribution in [0.4, 0.5) is 0 Å². The summed E-state index contributed by atoms with van der Waals surface area (Å²) in [6.45, 7) is 6.96. The van der Waals surface area contributed by atoms with Crippen LogP contribution in [0.5, 0.6) is 0 Å². The van der Waals surface area contributed by atoms with E-state index in [1.807, 2.05) is 0 Å². The average Bonchev–Trinajstić information content (AvgIpc) is 3.53. The highest BCUT2D eigenvalue weighted by atomic mass is 14.9. The Hall–Kier alpha value is -5.14. The van der Waals surface area contributed by atoms with Gasteiger partial charge in [-0.1, -0.05) is 106 Å². The van der Waals surface area contributed by atoms with Gasteiger partial charge in [0, 0.05) is 21.5 Å². The minimum absolute atomic E-state index is 0.0464. The van der Waals surface area contributed by atoms with Gasteiger partial charge in [0.1, 0.15) is 0 Å². The fourth-order valence-electron chi connectivity index (χ4n) is 7.08. The van der Waals surface area contributed by atoms with Gasteiger partial charge in [-0.15, -0.1) is 0 Å². The molecule has 0 saturated heterocycles. The molecule has 0 spiro atoms. The van der Waals surface area contributed by atoms with Gasteiger partial charge in [0.05, 0.1) is 16.6 Å². The fraction of sp³-hybridized carbons (Fsp3) is 0.0952. The second-order valence-corrected chi connectivity index (χ2v) is 13.1. The minimum atomic E-state index is 0.0464. The molecule has 0 radical (unpaired) electrons. The molecule has 43 heavy (non-hydrogen) atoms. The van der Waals surface area contributed by atoms with Crippen LogP contribution >= 0.6 is 0 Å². The highest BCUT2D eigenvalue weighted by Gasteiger charge is 2.23. The molecule has 0 saturated carbocycles. The van der Waals surface area contributed by atoms with Crippen molar-refractivity contribution in [3.8, 4) is 22.3 Å². The van der Waals surface area contributed by atoms with E-state index < -0.39 is 0 Å². The summed E-state index contributed by atoms with van der Waals surface area (Å²) in [6, 6.07) is 49.7. The zero-order valence-corrected chi connectivity index (χ0v) is 24.6. The van der Waals surface area contributed by atoms with Crippen LogP contribution in [-0.4, -0.2) is 4.40 Å². The van der Waals surface area contributed by atoms with Gasteiger partial charge < -0.3 is 4.40 Å². The van der Waals surface area contributed by atoms with Crippen molar-refractivity contribution < 1.29 is 0 Å². The lowest BCUT2D eigenvalue weighted by Gasteiger charge is -2.19. The van der Waals surface area contributed by atoms with E-state index in [1.54, 1.807) is 0 Å². The topological polar surface area (TPSA) is 4.41 Å². The van der Waals surface area contributed by atoms with E-state index in [0.717, 1.165) is 0 Å². The molecule has 0 aliphatic rings. The van der Waals surface area contributed by atoms with Crippen LogP contribution in [0, 0.1) is 0 Å². The fourth-order valence-corrected chi connectivity index (χ4v) is 7.08. The third kappa shape index (κ3) is 3.64. The summed E-state index contributed by atoms with van der Waals surface area (Å²) < 4.78 is 2.53. The standard InChI is InChI=1S/C42H31N/c1-42(2,3)34-24-37-35-20-30-16-14-28(26-10-6-4-7-11-26)18-32(30)22-39(35)43-40-23-33-19-29(27-12-8-5-9-13-27)15-17-31(33)21-36(40)38(25-34)41(37)43/h4-25H,1-3H3. The first kappa shape index (κ1) is 24.5. The van der Waals surface area contributed by atoms with E-state index >= 15 is 0 Å². The van der Waals surface area contributed by atoms with Crippen molar-refractivity contribution in [1.29, 1.82) is 0 Å². The first-order chi connectivity index (χ1) is 20.9. The molecule has 0 unspecified atom stereocenters. The van der Waals surface area contributed by atoms with Gasteiger partial charge in [0.25, 0.3) is 0 Å². The quantitative estimate of drug-likeness (QED) is 0.202. The van der Waals surface area contributed by atoms with Crippen molar-refractivity contribution >= 4 is 59.6 Å². The van der Waals surface area contributed by atoms with Gasteiger partial charge in [-0.3, -0.25) is 0 Å². The van der Waals surface area contributed by atoms with Crippen LogP contribution in [-0.2, 0) is 5.41 Å². The van der Waals surface area contributed by atoms with Crippen LogP contribution in [0.1, 0.15) is 26.3 Å². The summed E-state index contributed by atoms with van der Waals surface area (Å²) in [7, 11) is 0. The first-order valence-electron chi connectivity index (χ1n) is 15.2. The van der Waals surface area contributed by atoms with E-state index in [1.165, 1.54) is 87.5 Å². The van der Waals surface area contributed by atoms with Crippen LogP contribution in [0.2, 0.25) is 0 Å². The third-order valence-electron chi connectivity index (χ3n) is 9.39. The molecular formula is C42H31N. The van der Waals surface area contributed by atoms with Crippen molar-refractivity contribution in [2.24, 2.45) is 0 Å². The number of hydrogen-bond donors (Lipinski definition) is 0. The van der Waals surface area contributed by atoms with Gasteiger partial charge >= 0.3 is 0 Å². The molecule has 0 aliphatic carbocycles. The lowest BCUT2D eigenvalue weighted by Crippen LogP contribution is -2.10. The van der Waals surface area contributed by atoms with Crippen molar-refractivity contribution in [2.45, 2.75) is 26.2 Å². The molecule has 0 atom stereocenters. The number of benzene rings is 7. The molecule has 0 amide bonds. The maximum Gasteiger partial charge on any atom is 0.0620 e. The Morgan fingerprint density at radius 2 is 0.860 bits per heavy atom. The second kappa shape index (κ2) is 8.69. The average molecular weight is 550 g/mol. The lowest BCUT2D eigenvalue weighted by molar-refractivity contribution is 0.592. The van der Waals surface area contributed by atoms with E-state index in [-0.39, 0.29) is 5.41 Å². The maximum atomic E-state index is 2.53. The van der Waals surface area contributed by atoms with Crippen molar-refractivity contribution in [3.05, 3.63) is 139 Å². The Labute approximate surface area is 251 Å². The predicted molar refractivity (Wildman–Crippen MR) is 186 cm³/mol. The predicted octanol–water partition coefficient (Wildman–Crippen LogP) is 11.8. The zero-order chi connectivity index (χ0) is 28.9. The third-order valence-corrected chi connectivity index (χ3v) is 9.39. The molecule has 2 aromatic heterocycles. The molecular weight excluding hydrogens is 518 g/mol. The number of aromatic nitrogens is 1. The van der Waals surface area contributed by atoms with Crippen LogP contribution in [0.15, 0.2) is 133 Å². The minimum Gasteiger partial charge on any atom is -0.308 e. The molecule has 0 N–H and O–H groups in total. The Morgan fingerprint density at radius 3 is 1.30 bits per heavy atom. The number of rotatable bonds is 2. The lowest BCUT2D eigenvalue weighted by atomic mass is 9.85. The summed E-state index contributed by atoms with van der Waals surface area (Å²) >= 11 is 0. The molecule has 1 nitrogen and oxygen atoms in total. The monoisotopic (exact) mass is 549 g/mol. The van der Waals surface area contributed by atoms with Gasteiger partial charge in [0.15, 0.2) is 0 Å². The summed E-state index contributed by atoms with van der Waals surface area (Å²) in [5.41, 5.74) is 10.3. The molecule has 0 aliphatic heterocycles. The Kier molecular flexibility index (Phi) is 4.94. The number of hydrogen-bond acceptors (Lipinski definition) is 0. The molecule has 0 bridgehead atoms. The first-order valence-corrected chi connectivity index (χ1v) is 15.2. The summed E-state index contributed by atoms with van der Waals surface area (Å²) in [5.74, 6) is 0.